The van der Waals surface area contributed by atoms with Gasteiger partial charge in [-0.25, -0.2) is 0 Å². The Morgan fingerprint density at radius 1 is 1.10 bits per heavy atom. The van der Waals surface area contributed by atoms with Gasteiger partial charge in [0, 0.05) is 9.50 Å². The van der Waals surface area contributed by atoms with Crippen LogP contribution in [0.25, 0.3) is 0 Å². The second kappa shape index (κ2) is 5.88. The molecule has 1 aliphatic rings. The zero-order valence-corrected chi connectivity index (χ0v) is 13.8. The Bertz CT molecular complexity index is 639. The number of hydrogen-bond acceptors (Lipinski definition) is 1. The fourth-order valence-electron chi connectivity index (χ4n) is 3.01. The minimum absolute atomic E-state index is 0.188. The van der Waals surface area contributed by atoms with Crippen LogP contribution in [0.1, 0.15) is 34.7 Å². The van der Waals surface area contributed by atoms with Crippen LogP contribution in [0, 0.1) is 0 Å². The first-order valence-corrected chi connectivity index (χ1v) is 8.10. The Kier molecular flexibility index (Phi) is 4.16. The molecule has 2 aromatic carbocycles. The molecule has 0 bridgehead atoms. The Hall–Kier alpha value is -0.830. The first-order chi connectivity index (χ1) is 9.69. The molecule has 0 saturated carbocycles. The standard InChI is InChI=1S/C17H17BrClN/c1-20-17(15-8-7-14(19)10-16(15)18)13-6-5-11-3-2-4-12(11)9-13/h5-10,17,20H,2-4H2,1H3. The molecule has 2 aromatic rings. The Morgan fingerprint density at radius 3 is 2.65 bits per heavy atom. The van der Waals surface area contributed by atoms with Crippen molar-refractivity contribution in [1.29, 1.82) is 0 Å². The lowest BCUT2D eigenvalue weighted by Crippen LogP contribution is -2.18. The predicted octanol–water partition coefficient (Wildman–Crippen LogP) is 4.90. The lowest BCUT2D eigenvalue weighted by molar-refractivity contribution is 0.688. The highest BCUT2D eigenvalue weighted by Gasteiger charge is 2.18. The summed E-state index contributed by atoms with van der Waals surface area (Å²) in [5.41, 5.74) is 5.55. The summed E-state index contributed by atoms with van der Waals surface area (Å²) in [7, 11) is 2.00. The average molecular weight is 351 g/mol. The van der Waals surface area contributed by atoms with Gasteiger partial charge in [-0.05, 0) is 60.7 Å². The maximum Gasteiger partial charge on any atom is 0.0585 e. The van der Waals surface area contributed by atoms with E-state index in [-0.39, 0.29) is 6.04 Å². The van der Waals surface area contributed by atoms with Crippen LogP contribution in [-0.2, 0) is 12.8 Å². The Morgan fingerprint density at radius 2 is 1.90 bits per heavy atom. The van der Waals surface area contributed by atoms with Crippen LogP contribution >= 0.6 is 27.5 Å². The second-order valence-electron chi connectivity index (χ2n) is 5.27. The summed E-state index contributed by atoms with van der Waals surface area (Å²) in [5, 5.41) is 4.17. The van der Waals surface area contributed by atoms with Crippen molar-refractivity contribution in [2.75, 3.05) is 7.05 Å². The fraction of sp³-hybridized carbons (Fsp3) is 0.294. The molecule has 1 unspecified atom stereocenters. The van der Waals surface area contributed by atoms with E-state index < -0.39 is 0 Å². The normalized spacial score (nSPS) is 15.2. The third-order valence-electron chi connectivity index (χ3n) is 4.02. The molecule has 104 valence electrons. The maximum atomic E-state index is 6.04. The number of rotatable bonds is 3. The van der Waals surface area contributed by atoms with Crippen molar-refractivity contribution in [2.24, 2.45) is 0 Å². The van der Waals surface area contributed by atoms with Gasteiger partial charge in [0.2, 0.25) is 0 Å². The van der Waals surface area contributed by atoms with Crippen LogP contribution in [0.3, 0.4) is 0 Å². The number of hydrogen-bond donors (Lipinski definition) is 1. The molecular weight excluding hydrogens is 334 g/mol. The van der Waals surface area contributed by atoms with Crippen LogP contribution in [0.2, 0.25) is 5.02 Å². The lowest BCUT2D eigenvalue weighted by atomic mass is 9.96. The SMILES string of the molecule is CNC(c1ccc2c(c1)CCC2)c1ccc(Cl)cc1Br. The molecule has 0 amide bonds. The molecule has 0 spiro atoms. The van der Waals surface area contributed by atoms with E-state index in [0.29, 0.717) is 0 Å². The van der Waals surface area contributed by atoms with Gasteiger partial charge in [0.15, 0.2) is 0 Å². The van der Waals surface area contributed by atoms with Gasteiger partial charge >= 0.3 is 0 Å². The van der Waals surface area contributed by atoms with Crippen molar-refractivity contribution in [1.82, 2.24) is 5.32 Å². The minimum Gasteiger partial charge on any atom is -0.309 e. The Labute approximate surface area is 133 Å². The number of fused-ring (bicyclic) bond motifs is 1. The topological polar surface area (TPSA) is 12.0 Å². The molecule has 0 aromatic heterocycles. The summed E-state index contributed by atoms with van der Waals surface area (Å²) in [6.45, 7) is 0. The van der Waals surface area contributed by atoms with Crippen LogP contribution in [0.5, 0.6) is 0 Å². The number of halogens is 2. The quantitative estimate of drug-likeness (QED) is 0.830. The van der Waals surface area contributed by atoms with Gasteiger partial charge in [0.05, 0.1) is 6.04 Å². The molecule has 3 rings (SSSR count). The third-order valence-corrected chi connectivity index (χ3v) is 4.94. The molecule has 0 heterocycles. The van der Waals surface area contributed by atoms with Gasteiger partial charge in [0.1, 0.15) is 0 Å². The average Bonchev–Trinajstić information content (AvgIpc) is 2.89. The largest absolute Gasteiger partial charge is 0.309 e. The second-order valence-corrected chi connectivity index (χ2v) is 6.56. The van der Waals surface area contributed by atoms with Gasteiger partial charge in [0.25, 0.3) is 0 Å². The summed E-state index contributed by atoms with van der Waals surface area (Å²) in [6, 6.07) is 13.0. The number of aryl methyl sites for hydroxylation is 2. The monoisotopic (exact) mass is 349 g/mol. The molecule has 0 aliphatic heterocycles. The molecule has 1 aliphatic carbocycles. The van der Waals surface area contributed by atoms with Crippen LogP contribution in [-0.4, -0.2) is 7.05 Å². The predicted molar refractivity (Wildman–Crippen MR) is 88.5 cm³/mol. The van der Waals surface area contributed by atoms with Crippen LogP contribution in [0.4, 0.5) is 0 Å². The Balaban J connectivity index is 2.01. The number of nitrogens with one attached hydrogen (secondary N) is 1. The van der Waals surface area contributed by atoms with Crippen LogP contribution < -0.4 is 5.32 Å². The number of benzene rings is 2. The van der Waals surface area contributed by atoms with E-state index in [9.17, 15) is 0 Å². The molecule has 0 saturated heterocycles. The van der Waals surface area contributed by atoms with E-state index in [1.807, 2.05) is 19.2 Å². The third kappa shape index (κ3) is 2.65. The summed E-state index contributed by atoms with van der Waals surface area (Å²) >= 11 is 9.66. The minimum atomic E-state index is 0.188. The molecule has 1 nitrogen and oxygen atoms in total. The lowest BCUT2D eigenvalue weighted by Gasteiger charge is -2.20. The summed E-state index contributed by atoms with van der Waals surface area (Å²) in [6.07, 6.45) is 3.72. The van der Waals surface area contributed by atoms with E-state index in [1.165, 1.54) is 41.5 Å². The van der Waals surface area contributed by atoms with Gasteiger partial charge < -0.3 is 5.32 Å². The van der Waals surface area contributed by atoms with E-state index in [0.717, 1.165) is 9.50 Å². The molecule has 1 N–H and O–H groups in total. The highest BCUT2D eigenvalue weighted by Crippen LogP contribution is 2.32. The van der Waals surface area contributed by atoms with Crippen molar-refractivity contribution in [3.05, 3.63) is 68.1 Å². The molecular formula is C17H17BrClN. The van der Waals surface area contributed by atoms with E-state index in [2.05, 4.69) is 45.5 Å². The van der Waals surface area contributed by atoms with Gasteiger partial charge in [-0.15, -0.1) is 0 Å². The first-order valence-electron chi connectivity index (χ1n) is 6.93. The van der Waals surface area contributed by atoms with E-state index in [4.69, 9.17) is 11.6 Å². The summed E-state index contributed by atoms with van der Waals surface area (Å²) in [5.74, 6) is 0. The van der Waals surface area contributed by atoms with Crippen LogP contribution in [0.15, 0.2) is 40.9 Å². The zero-order valence-electron chi connectivity index (χ0n) is 11.4. The zero-order chi connectivity index (χ0) is 14.1. The fourth-order valence-corrected chi connectivity index (χ4v) is 3.92. The van der Waals surface area contributed by atoms with Gasteiger partial charge in [-0.1, -0.05) is 51.8 Å². The molecule has 0 radical (unpaired) electrons. The summed E-state index contributed by atoms with van der Waals surface area (Å²) in [4.78, 5) is 0. The van der Waals surface area contributed by atoms with E-state index in [1.54, 1.807) is 0 Å². The summed E-state index contributed by atoms with van der Waals surface area (Å²) < 4.78 is 1.05. The van der Waals surface area contributed by atoms with Gasteiger partial charge in [-0.2, -0.15) is 0 Å². The van der Waals surface area contributed by atoms with E-state index >= 15 is 0 Å². The van der Waals surface area contributed by atoms with Crippen molar-refractivity contribution in [2.45, 2.75) is 25.3 Å². The molecule has 0 fully saturated rings. The maximum absolute atomic E-state index is 6.04. The van der Waals surface area contributed by atoms with Crippen molar-refractivity contribution >= 4 is 27.5 Å². The van der Waals surface area contributed by atoms with Crippen molar-refractivity contribution in [3.8, 4) is 0 Å². The highest BCUT2D eigenvalue weighted by atomic mass is 79.9. The smallest absolute Gasteiger partial charge is 0.0585 e. The van der Waals surface area contributed by atoms with Crippen molar-refractivity contribution < 1.29 is 0 Å². The first kappa shape index (κ1) is 14.1. The molecule has 20 heavy (non-hydrogen) atoms. The van der Waals surface area contributed by atoms with Crippen molar-refractivity contribution in [3.63, 3.8) is 0 Å². The highest BCUT2D eigenvalue weighted by molar-refractivity contribution is 9.10. The molecule has 3 heteroatoms. The van der Waals surface area contributed by atoms with Gasteiger partial charge in [-0.3, -0.25) is 0 Å². The molecule has 1 atom stereocenters.